The predicted octanol–water partition coefficient (Wildman–Crippen LogP) is 2.83. The number of rotatable bonds is 3. The third kappa shape index (κ3) is 3.28. The van der Waals surface area contributed by atoms with Crippen LogP contribution in [-0.4, -0.2) is 42.0 Å². The maximum absolute atomic E-state index is 10.4. The van der Waals surface area contributed by atoms with Gasteiger partial charge in [-0.1, -0.05) is 24.3 Å². The maximum atomic E-state index is 10.4. The molecule has 0 amide bonds. The van der Waals surface area contributed by atoms with Crippen LogP contribution in [0.3, 0.4) is 0 Å². The highest BCUT2D eigenvalue weighted by Gasteiger charge is 2.32. The van der Waals surface area contributed by atoms with Crippen molar-refractivity contribution in [2.75, 3.05) is 0 Å². The van der Waals surface area contributed by atoms with Crippen LogP contribution in [-0.2, 0) is 0 Å². The zero-order valence-corrected chi connectivity index (χ0v) is 15.9. The van der Waals surface area contributed by atoms with Gasteiger partial charge in [0.15, 0.2) is 5.82 Å². The zero-order chi connectivity index (χ0) is 19.8. The van der Waals surface area contributed by atoms with E-state index in [4.69, 9.17) is 15.8 Å². The summed E-state index contributed by atoms with van der Waals surface area (Å²) in [7, 11) is 0. The molecule has 1 aromatic carbocycles. The quantitative estimate of drug-likeness (QED) is 0.561. The van der Waals surface area contributed by atoms with Crippen LogP contribution >= 0.6 is 0 Å². The van der Waals surface area contributed by atoms with Crippen molar-refractivity contribution in [3.05, 3.63) is 66.7 Å². The first-order valence-electron chi connectivity index (χ1n) is 9.87. The van der Waals surface area contributed by atoms with Crippen molar-refractivity contribution in [2.24, 2.45) is 5.73 Å². The van der Waals surface area contributed by atoms with Crippen molar-refractivity contribution in [3.8, 4) is 17.2 Å². The van der Waals surface area contributed by atoms with Crippen LogP contribution < -0.4 is 5.73 Å². The molecule has 3 heterocycles. The number of benzene rings is 1. The smallest absolute Gasteiger partial charge is 0.200 e. The van der Waals surface area contributed by atoms with E-state index < -0.39 is 6.10 Å². The number of nitrogens with zero attached hydrogens (tertiary/aromatic N) is 5. The summed E-state index contributed by atoms with van der Waals surface area (Å²) in [5.41, 5.74) is 8.48. The first-order valence-corrected chi connectivity index (χ1v) is 9.87. The van der Waals surface area contributed by atoms with Crippen LogP contribution in [0.15, 0.2) is 60.9 Å². The lowest BCUT2D eigenvalue weighted by atomic mass is 9.84. The van der Waals surface area contributed by atoms with Crippen LogP contribution in [0.5, 0.6) is 0 Å². The van der Waals surface area contributed by atoms with E-state index in [-0.39, 0.29) is 12.0 Å². The molecule has 0 saturated heterocycles. The molecule has 29 heavy (non-hydrogen) atoms. The summed E-state index contributed by atoms with van der Waals surface area (Å²) >= 11 is 0. The maximum Gasteiger partial charge on any atom is 0.200 e. The van der Waals surface area contributed by atoms with E-state index >= 15 is 0 Å². The van der Waals surface area contributed by atoms with Gasteiger partial charge < -0.3 is 10.8 Å². The first-order chi connectivity index (χ1) is 14.2. The Labute approximate surface area is 168 Å². The fraction of sp³-hybridized carbons (Fsp3) is 0.273. The molecular formula is C22H22N6O. The van der Waals surface area contributed by atoms with Crippen molar-refractivity contribution in [2.45, 2.75) is 37.3 Å². The lowest BCUT2D eigenvalue weighted by molar-refractivity contribution is 0.0961. The van der Waals surface area contributed by atoms with Crippen LogP contribution in [0.1, 0.15) is 31.0 Å². The number of para-hydroxylation sites is 1. The van der Waals surface area contributed by atoms with E-state index in [1.165, 1.54) is 0 Å². The van der Waals surface area contributed by atoms with Gasteiger partial charge in [-0.05, 0) is 43.5 Å². The second-order valence-electron chi connectivity index (χ2n) is 7.51. The van der Waals surface area contributed by atoms with Crippen molar-refractivity contribution >= 4 is 10.9 Å². The number of pyridine rings is 2. The molecule has 3 aromatic heterocycles. The SMILES string of the molecule is N[C@@H]1CC[C@H](c2nc(-c3ccccn3)nn2-c2cccc3cccnc23)C[C@H]1O. The standard InChI is InChI=1S/C22H22N6O/c23-16-10-9-15(13-19(16)29)22-26-21(17-7-1-2-11-24-17)27-28(22)18-8-3-5-14-6-4-12-25-20(14)18/h1-8,11-12,15-16,19,29H,9-10,13,23H2/t15-,16+,19+/m0/s1. The Morgan fingerprint density at radius 2 is 1.83 bits per heavy atom. The van der Waals surface area contributed by atoms with Gasteiger partial charge in [0.2, 0.25) is 0 Å². The van der Waals surface area contributed by atoms with E-state index in [1.54, 1.807) is 12.4 Å². The second-order valence-corrected chi connectivity index (χ2v) is 7.51. The Kier molecular flexibility index (Phi) is 4.54. The molecule has 1 fully saturated rings. The average Bonchev–Trinajstić information content (AvgIpc) is 3.21. The van der Waals surface area contributed by atoms with Gasteiger partial charge in [0.25, 0.3) is 0 Å². The molecule has 1 aliphatic rings. The molecule has 0 radical (unpaired) electrons. The molecule has 7 heteroatoms. The summed E-state index contributed by atoms with van der Waals surface area (Å²) in [5, 5.41) is 16.2. The summed E-state index contributed by atoms with van der Waals surface area (Å²) < 4.78 is 1.87. The van der Waals surface area contributed by atoms with E-state index in [1.807, 2.05) is 53.2 Å². The molecular weight excluding hydrogens is 364 g/mol. The zero-order valence-electron chi connectivity index (χ0n) is 15.9. The summed E-state index contributed by atoms with van der Waals surface area (Å²) in [4.78, 5) is 13.8. The van der Waals surface area contributed by atoms with Crippen LogP contribution in [0.4, 0.5) is 0 Å². The van der Waals surface area contributed by atoms with E-state index in [9.17, 15) is 5.11 Å². The van der Waals surface area contributed by atoms with Gasteiger partial charge in [-0.15, -0.1) is 5.10 Å². The molecule has 3 atom stereocenters. The molecule has 0 aliphatic heterocycles. The van der Waals surface area contributed by atoms with Crippen LogP contribution in [0.2, 0.25) is 0 Å². The highest BCUT2D eigenvalue weighted by Crippen LogP contribution is 2.34. The summed E-state index contributed by atoms with van der Waals surface area (Å²) in [6, 6.07) is 15.5. The highest BCUT2D eigenvalue weighted by molar-refractivity contribution is 5.86. The summed E-state index contributed by atoms with van der Waals surface area (Å²) in [5.74, 6) is 1.45. The number of hydrogen-bond donors (Lipinski definition) is 2. The van der Waals surface area contributed by atoms with Crippen molar-refractivity contribution in [1.82, 2.24) is 24.7 Å². The Morgan fingerprint density at radius 3 is 2.66 bits per heavy atom. The minimum atomic E-state index is -0.539. The number of nitrogens with two attached hydrogens (primary N) is 1. The number of fused-ring (bicyclic) bond motifs is 1. The largest absolute Gasteiger partial charge is 0.391 e. The Hall–Kier alpha value is -3.16. The minimum Gasteiger partial charge on any atom is -0.391 e. The third-order valence-electron chi connectivity index (χ3n) is 5.60. The predicted molar refractivity (Wildman–Crippen MR) is 110 cm³/mol. The minimum absolute atomic E-state index is 0.0636. The molecule has 4 aromatic rings. The van der Waals surface area contributed by atoms with Crippen molar-refractivity contribution in [3.63, 3.8) is 0 Å². The van der Waals surface area contributed by atoms with Crippen molar-refractivity contribution in [1.29, 1.82) is 0 Å². The van der Waals surface area contributed by atoms with Gasteiger partial charge in [-0.3, -0.25) is 9.97 Å². The van der Waals surface area contributed by atoms with Gasteiger partial charge in [-0.2, -0.15) is 0 Å². The monoisotopic (exact) mass is 386 g/mol. The number of aliphatic hydroxyl groups is 1. The fourth-order valence-electron chi connectivity index (χ4n) is 4.03. The number of hydrogen-bond acceptors (Lipinski definition) is 6. The Balaban J connectivity index is 1.68. The molecule has 0 bridgehead atoms. The summed E-state index contributed by atoms with van der Waals surface area (Å²) in [6.07, 6.45) is 5.16. The molecule has 146 valence electrons. The van der Waals surface area contributed by atoms with Gasteiger partial charge in [0.05, 0.1) is 17.3 Å². The second kappa shape index (κ2) is 7.35. The van der Waals surface area contributed by atoms with E-state index in [0.29, 0.717) is 17.9 Å². The molecule has 5 rings (SSSR count). The molecule has 3 N–H and O–H groups in total. The highest BCUT2D eigenvalue weighted by atomic mass is 16.3. The lowest BCUT2D eigenvalue weighted by Gasteiger charge is -2.30. The van der Waals surface area contributed by atoms with E-state index in [0.717, 1.165) is 35.3 Å². The van der Waals surface area contributed by atoms with Crippen LogP contribution in [0, 0.1) is 0 Å². The topological polar surface area (TPSA) is 103 Å². The van der Waals surface area contributed by atoms with Gasteiger partial charge in [-0.25, -0.2) is 9.67 Å². The third-order valence-corrected chi connectivity index (χ3v) is 5.60. The summed E-state index contributed by atoms with van der Waals surface area (Å²) in [6.45, 7) is 0. The average molecular weight is 386 g/mol. The fourth-order valence-corrected chi connectivity index (χ4v) is 4.03. The number of aromatic nitrogens is 5. The number of aliphatic hydroxyl groups excluding tert-OH is 1. The molecule has 1 aliphatic carbocycles. The van der Waals surface area contributed by atoms with Gasteiger partial charge >= 0.3 is 0 Å². The van der Waals surface area contributed by atoms with Gasteiger partial charge in [0, 0.05) is 29.7 Å². The molecule has 1 saturated carbocycles. The molecule has 0 unspecified atom stereocenters. The van der Waals surface area contributed by atoms with E-state index in [2.05, 4.69) is 9.97 Å². The van der Waals surface area contributed by atoms with Crippen molar-refractivity contribution < 1.29 is 5.11 Å². The molecule has 7 nitrogen and oxygen atoms in total. The molecule has 0 spiro atoms. The Morgan fingerprint density at radius 1 is 0.966 bits per heavy atom. The first kappa shape index (κ1) is 17.9. The lowest BCUT2D eigenvalue weighted by Crippen LogP contribution is -2.40. The normalized spacial score (nSPS) is 22.1. The van der Waals surface area contributed by atoms with Gasteiger partial charge in [0.1, 0.15) is 11.5 Å². The van der Waals surface area contributed by atoms with Crippen LogP contribution in [0.25, 0.3) is 28.1 Å². The Bertz CT molecular complexity index is 1140.